The molecule has 4 rings (SSSR count). The van der Waals surface area contributed by atoms with Crippen LogP contribution in [0.5, 0.6) is 0 Å². The Kier molecular flexibility index (Phi) is 8.62. The van der Waals surface area contributed by atoms with Crippen molar-refractivity contribution in [2.24, 2.45) is 0 Å². The first-order chi connectivity index (χ1) is 18.2. The molecule has 0 saturated carbocycles. The van der Waals surface area contributed by atoms with Gasteiger partial charge in [-0.1, -0.05) is 54.2 Å². The number of aromatic nitrogens is 1. The number of esters is 1. The van der Waals surface area contributed by atoms with Crippen molar-refractivity contribution in [3.05, 3.63) is 78.0 Å². The molecule has 0 aliphatic carbocycles. The summed E-state index contributed by atoms with van der Waals surface area (Å²) in [5, 5.41) is 0.569. The average molecular weight is 535 g/mol. The van der Waals surface area contributed by atoms with Crippen molar-refractivity contribution in [1.29, 1.82) is 0 Å². The average Bonchev–Trinajstić information content (AvgIpc) is 3.22. The summed E-state index contributed by atoms with van der Waals surface area (Å²) < 4.78 is 12.4. The van der Waals surface area contributed by atoms with Crippen molar-refractivity contribution in [3.8, 4) is 0 Å². The molecule has 8 heteroatoms. The molecule has 1 aliphatic rings. The Morgan fingerprint density at radius 3 is 2.47 bits per heavy atom. The second kappa shape index (κ2) is 11.9. The van der Waals surface area contributed by atoms with Gasteiger partial charge in [0.25, 0.3) is 0 Å². The summed E-state index contributed by atoms with van der Waals surface area (Å²) in [4.78, 5) is 41.6. The SMILES string of the molecule is CCOC(=O)/C=C/CCC(=O)N1CCc2c(n(C(=O)OC(C)(C)C)c3ccccc23)C1Sc1ccccc1. The van der Waals surface area contributed by atoms with Gasteiger partial charge in [-0.3, -0.25) is 4.79 Å². The fourth-order valence-corrected chi connectivity index (χ4v) is 5.85. The zero-order chi connectivity index (χ0) is 27.3. The Bertz CT molecular complexity index is 1340. The molecule has 0 N–H and O–H groups in total. The molecule has 7 nitrogen and oxygen atoms in total. The Labute approximate surface area is 227 Å². The normalized spacial score (nSPS) is 15.5. The van der Waals surface area contributed by atoms with E-state index in [9.17, 15) is 14.4 Å². The van der Waals surface area contributed by atoms with Gasteiger partial charge in [-0.25, -0.2) is 14.2 Å². The van der Waals surface area contributed by atoms with Crippen LogP contribution in [0.15, 0.2) is 71.6 Å². The molecule has 1 aliphatic heterocycles. The van der Waals surface area contributed by atoms with E-state index >= 15 is 0 Å². The van der Waals surface area contributed by atoms with E-state index in [0.717, 1.165) is 27.1 Å². The first-order valence-corrected chi connectivity index (χ1v) is 13.8. The number of carbonyl (C=O) groups excluding carboxylic acids is 3. The van der Waals surface area contributed by atoms with E-state index in [1.807, 2.05) is 80.3 Å². The highest BCUT2D eigenvalue weighted by atomic mass is 32.2. The number of allylic oxidation sites excluding steroid dienone is 1. The second-order valence-electron chi connectivity index (χ2n) is 10.0. The Balaban J connectivity index is 1.73. The first kappa shape index (κ1) is 27.5. The van der Waals surface area contributed by atoms with Crippen molar-refractivity contribution < 1.29 is 23.9 Å². The van der Waals surface area contributed by atoms with E-state index in [0.29, 0.717) is 26.0 Å². The quantitative estimate of drug-likeness (QED) is 0.254. The Morgan fingerprint density at radius 2 is 1.76 bits per heavy atom. The number of benzene rings is 2. The van der Waals surface area contributed by atoms with Gasteiger partial charge in [0.05, 0.1) is 17.8 Å². The summed E-state index contributed by atoms with van der Waals surface area (Å²) in [5.41, 5.74) is 1.94. The highest BCUT2D eigenvalue weighted by Crippen LogP contribution is 2.46. The number of amides is 1. The predicted molar refractivity (Wildman–Crippen MR) is 149 cm³/mol. The van der Waals surface area contributed by atoms with Crippen LogP contribution >= 0.6 is 11.8 Å². The second-order valence-corrected chi connectivity index (χ2v) is 11.2. The summed E-state index contributed by atoms with van der Waals surface area (Å²) in [6, 6.07) is 17.7. The molecular weight excluding hydrogens is 500 g/mol. The van der Waals surface area contributed by atoms with Crippen LogP contribution in [0.3, 0.4) is 0 Å². The van der Waals surface area contributed by atoms with E-state index in [4.69, 9.17) is 9.47 Å². The topological polar surface area (TPSA) is 77.8 Å². The lowest BCUT2D eigenvalue weighted by molar-refractivity contribution is -0.137. The molecule has 1 unspecified atom stereocenters. The fraction of sp³-hybridized carbons (Fsp3) is 0.367. The van der Waals surface area contributed by atoms with Gasteiger partial charge in [0, 0.05) is 29.3 Å². The standard InChI is InChI=1S/C30H34N2O5S/c1-5-36-26(34)18-12-11-17-25(33)31-20-19-23-22-15-9-10-16-24(22)32(29(35)37-30(2,3)4)27(23)28(31)38-21-13-7-6-8-14-21/h6-10,12-16,18,28H,5,11,17,19-20H2,1-4H3/b18-12+. The van der Waals surface area contributed by atoms with E-state index in [1.165, 1.54) is 6.08 Å². The largest absolute Gasteiger partial charge is 0.463 e. The van der Waals surface area contributed by atoms with Crippen molar-refractivity contribution in [2.75, 3.05) is 13.2 Å². The van der Waals surface area contributed by atoms with E-state index in [-0.39, 0.29) is 12.3 Å². The summed E-state index contributed by atoms with van der Waals surface area (Å²) in [7, 11) is 0. The summed E-state index contributed by atoms with van der Waals surface area (Å²) >= 11 is 1.54. The molecule has 0 bridgehead atoms. The smallest absolute Gasteiger partial charge is 0.419 e. The van der Waals surface area contributed by atoms with Gasteiger partial charge >= 0.3 is 12.1 Å². The lowest BCUT2D eigenvalue weighted by atomic mass is 10.0. The van der Waals surface area contributed by atoms with Gasteiger partial charge in [-0.05, 0) is 64.3 Å². The van der Waals surface area contributed by atoms with Gasteiger partial charge in [0.15, 0.2) is 0 Å². The van der Waals surface area contributed by atoms with Crippen LogP contribution in [0.2, 0.25) is 0 Å². The lowest BCUT2D eigenvalue weighted by Crippen LogP contribution is -2.40. The van der Waals surface area contributed by atoms with Crippen LogP contribution in [0, 0.1) is 0 Å². The molecule has 3 aromatic rings. The highest BCUT2D eigenvalue weighted by Gasteiger charge is 2.38. The minimum Gasteiger partial charge on any atom is -0.463 e. The zero-order valence-corrected chi connectivity index (χ0v) is 23.1. The number of carbonyl (C=O) groups is 3. The van der Waals surface area contributed by atoms with Crippen LogP contribution < -0.4 is 0 Å². The zero-order valence-electron chi connectivity index (χ0n) is 22.3. The number of para-hydroxylation sites is 1. The number of thioether (sulfide) groups is 1. The van der Waals surface area contributed by atoms with Crippen LogP contribution in [0.4, 0.5) is 4.79 Å². The molecule has 0 saturated heterocycles. The third-order valence-electron chi connectivity index (χ3n) is 6.09. The molecule has 0 fully saturated rings. The molecule has 0 radical (unpaired) electrons. The summed E-state index contributed by atoms with van der Waals surface area (Å²) in [6.45, 7) is 8.13. The molecule has 200 valence electrons. The van der Waals surface area contributed by atoms with Crippen LogP contribution in [-0.4, -0.2) is 46.2 Å². The monoisotopic (exact) mass is 534 g/mol. The number of fused-ring (bicyclic) bond motifs is 3. The molecule has 38 heavy (non-hydrogen) atoms. The third-order valence-corrected chi connectivity index (χ3v) is 7.34. The number of ether oxygens (including phenoxy) is 2. The van der Waals surface area contributed by atoms with E-state index < -0.39 is 23.0 Å². The van der Waals surface area contributed by atoms with Crippen molar-refractivity contribution in [3.63, 3.8) is 0 Å². The lowest BCUT2D eigenvalue weighted by Gasteiger charge is -2.36. The molecular formula is C30H34N2O5S. The molecule has 1 aromatic heterocycles. The maximum absolute atomic E-state index is 13.6. The minimum absolute atomic E-state index is 0.0430. The molecule has 1 amide bonds. The maximum atomic E-state index is 13.6. The fourth-order valence-electron chi connectivity index (χ4n) is 4.57. The number of rotatable bonds is 7. The number of hydrogen-bond donors (Lipinski definition) is 0. The van der Waals surface area contributed by atoms with Crippen molar-refractivity contribution in [1.82, 2.24) is 9.47 Å². The third kappa shape index (κ3) is 6.30. The van der Waals surface area contributed by atoms with Gasteiger partial charge in [-0.2, -0.15) is 0 Å². The van der Waals surface area contributed by atoms with Crippen LogP contribution in [0.25, 0.3) is 10.9 Å². The van der Waals surface area contributed by atoms with Crippen LogP contribution in [-0.2, 0) is 25.5 Å². The highest BCUT2D eigenvalue weighted by molar-refractivity contribution is 7.99. The maximum Gasteiger partial charge on any atom is 0.419 e. The summed E-state index contributed by atoms with van der Waals surface area (Å²) in [6.07, 6.45) is 3.86. The van der Waals surface area contributed by atoms with Gasteiger partial charge in [-0.15, -0.1) is 0 Å². The van der Waals surface area contributed by atoms with E-state index in [1.54, 1.807) is 29.3 Å². The number of hydrogen-bond acceptors (Lipinski definition) is 6. The van der Waals surface area contributed by atoms with E-state index in [2.05, 4.69) is 0 Å². The molecule has 2 aromatic carbocycles. The minimum atomic E-state index is -0.674. The first-order valence-electron chi connectivity index (χ1n) is 12.9. The molecule has 1 atom stereocenters. The number of nitrogens with zero attached hydrogens (tertiary/aromatic N) is 2. The molecule has 2 heterocycles. The predicted octanol–water partition coefficient (Wildman–Crippen LogP) is 6.50. The molecule has 0 spiro atoms. The van der Waals surface area contributed by atoms with Crippen molar-refractivity contribution >= 4 is 40.6 Å². The van der Waals surface area contributed by atoms with Gasteiger partial charge in [0.1, 0.15) is 11.0 Å². The Morgan fingerprint density at radius 1 is 1.05 bits per heavy atom. The summed E-state index contributed by atoms with van der Waals surface area (Å²) in [5.74, 6) is -0.458. The Hall–Kier alpha value is -3.52. The van der Waals surface area contributed by atoms with Gasteiger partial charge < -0.3 is 14.4 Å². The van der Waals surface area contributed by atoms with Crippen molar-refractivity contribution in [2.45, 2.75) is 62.8 Å². The van der Waals surface area contributed by atoms with Gasteiger partial charge in [0.2, 0.25) is 5.91 Å². The van der Waals surface area contributed by atoms with Crippen LogP contribution in [0.1, 0.15) is 57.2 Å².